The number of ether oxygens (including phenoxy) is 2. The summed E-state index contributed by atoms with van der Waals surface area (Å²) in [4.78, 5) is 11.8. The molecule has 132 valence electrons. The minimum absolute atomic E-state index is 0.00224. The molecule has 3 aromatic carbocycles. The number of nitrogens with one attached hydrogen (secondary N) is 1. The Morgan fingerprint density at radius 3 is 2.69 bits per heavy atom. The lowest BCUT2D eigenvalue weighted by molar-refractivity contribution is -0.123. The molecule has 0 fully saturated rings. The van der Waals surface area contributed by atoms with Crippen LogP contribution in [0.4, 0.5) is 0 Å². The molecule has 3 aromatic rings. The van der Waals surface area contributed by atoms with E-state index in [9.17, 15) is 9.90 Å². The van der Waals surface area contributed by atoms with Crippen LogP contribution in [-0.2, 0) is 4.79 Å². The van der Waals surface area contributed by atoms with Gasteiger partial charge in [0.1, 0.15) is 5.75 Å². The summed E-state index contributed by atoms with van der Waals surface area (Å²) in [5, 5.41) is 15.7. The summed E-state index contributed by atoms with van der Waals surface area (Å²) >= 11 is 0. The first-order chi connectivity index (χ1) is 12.7. The number of benzene rings is 3. The zero-order valence-corrected chi connectivity index (χ0v) is 14.2. The van der Waals surface area contributed by atoms with Crippen molar-refractivity contribution in [2.75, 3.05) is 13.7 Å². The quantitative estimate of drug-likeness (QED) is 0.529. The number of phenols is 1. The van der Waals surface area contributed by atoms with Crippen LogP contribution < -0.4 is 14.9 Å². The minimum atomic E-state index is -0.382. The van der Waals surface area contributed by atoms with E-state index in [4.69, 9.17) is 9.47 Å². The number of carbonyl (C=O) groups is 1. The lowest BCUT2D eigenvalue weighted by Crippen LogP contribution is -2.24. The molecule has 0 heterocycles. The Hall–Kier alpha value is -3.54. The van der Waals surface area contributed by atoms with Crippen molar-refractivity contribution in [2.45, 2.75) is 0 Å². The fourth-order valence-corrected chi connectivity index (χ4v) is 2.40. The number of amides is 1. The summed E-state index contributed by atoms with van der Waals surface area (Å²) in [5.74, 6) is 0.604. The van der Waals surface area contributed by atoms with E-state index in [1.807, 2.05) is 42.5 Å². The van der Waals surface area contributed by atoms with Crippen LogP contribution in [0.25, 0.3) is 10.8 Å². The van der Waals surface area contributed by atoms with Crippen molar-refractivity contribution < 1.29 is 19.4 Å². The standard InChI is InChI=1S/C20H18N2O4/c1-25-19-9-6-14(10-18(19)23)12-21-22-20(24)13-26-17-8-7-15-4-2-3-5-16(15)11-17/h2-12,23H,13H2,1H3,(H,22,24). The predicted octanol–water partition coefficient (Wildman–Crippen LogP) is 3.08. The van der Waals surface area contributed by atoms with Crippen LogP contribution in [0.2, 0.25) is 0 Å². The molecule has 0 aromatic heterocycles. The lowest BCUT2D eigenvalue weighted by Gasteiger charge is -2.06. The van der Waals surface area contributed by atoms with Gasteiger partial charge in [-0.2, -0.15) is 5.10 Å². The normalized spacial score (nSPS) is 10.8. The second-order valence-electron chi connectivity index (χ2n) is 5.52. The average Bonchev–Trinajstić information content (AvgIpc) is 2.66. The number of carbonyl (C=O) groups excluding carboxylic acids is 1. The van der Waals surface area contributed by atoms with E-state index in [1.165, 1.54) is 19.4 Å². The van der Waals surface area contributed by atoms with Crippen molar-refractivity contribution in [3.8, 4) is 17.2 Å². The molecule has 6 nitrogen and oxygen atoms in total. The van der Waals surface area contributed by atoms with E-state index in [0.717, 1.165) is 10.8 Å². The highest BCUT2D eigenvalue weighted by Gasteiger charge is 2.03. The van der Waals surface area contributed by atoms with Crippen molar-refractivity contribution >= 4 is 22.9 Å². The molecule has 1 amide bonds. The maximum atomic E-state index is 11.8. The number of hydrazone groups is 1. The fourth-order valence-electron chi connectivity index (χ4n) is 2.40. The smallest absolute Gasteiger partial charge is 0.277 e. The highest BCUT2D eigenvalue weighted by atomic mass is 16.5. The van der Waals surface area contributed by atoms with Gasteiger partial charge in [0.15, 0.2) is 18.1 Å². The predicted molar refractivity (Wildman–Crippen MR) is 99.8 cm³/mol. The first-order valence-corrected chi connectivity index (χ1v) is 7.96. The third kappa shape index (κ3) is 4.30. The Bertz CT molecular complexity index is 953. The van der Waals surface area contributed by atoms with Crippen molar-refractivity contribution in [3.63, 3.8) is 0 Å². The SMILES string of the molecule is COc1ccc(C=NNC(=O)COc2ccc3ccccc3c2)cc1O. The fraction of sp³-hybridized carbons (Fsp3) is 0.100. The average molecular weight is 350 g/mol. The molecule has 6 heteroatoms. The highest BCUT2D eigenvalue weighted by Crippen LogP contribution is 2.25. The van der Waals surface area contributed by atoms with Crippen LogP contribution in [0.5, 0.6) is 17.2 Å². The summed E-state index contributed by atoms with van der Waals surface area (Å²) in [6, 6.07) is 18.4. The second kappa shape index (κ2) is 8.02. The van der Waals surface area contributed by atoms with Crippen molar-refractivity contribution in [2.24, 2.45) is 5.10 Å². The molecule has 0 aliphatic heterocycles. The first kappa shape index (κ1) is 17.3. The Kier molecular flexibility index (Phi) is 5.34. The van der Waals surface area contributed by atoms with Crippen LogP contribution in [0.3, 0.4) is 0 Å². The van der Waals surface area contributed by atoms with Crippen LogP contribution in [0.1, 0.15) is 5.56 Å². The number of hydrogen-bond acceptors (Lipinski definition) is 5. The lowest BCUT2D eigenvalue weighted by atomic mass is 10.1. The van der Waals surface area contributed by atoms with Gasteiger partial charge in [-0.05, 0) is 46.7 Å². The van der Waals surface area contributed by atoms with Gasteiger partial charge in [0.05, 0.1) is 13.3 Å². The Morgan fingerprint density at radius 2 is 1.92 bits per heavy atom. The zero-order chi connectivity index (χ0) is 18.4. The molecule has 0 aliphatic rings. The summed E-state index contributed by atoms with van der Waals surface area (Å²) in [7, 11) is 1.47. The van der Waals surface area contributed by atoms with Gasteiger partial charge in [0.25, 0.3) is 5.91 Å². The van der Waals surface area contributed by atoms with Gasteiger partial charge in [-0.15, -0.1) is 0 Å². The van der Waals surface area contributed by atoms with Crippen LogP contribution >= 0.6 is 0 Å². The van der Waals surface area contributed by atoms with E-state index in [0.29, 0.717) is 17.1 Å². The summed E-state index contributed by atoms with van der Waals surface area (Å²) in [6.45, 7) is -0.149. The molecule has 0 atom stereocenters. The number of nitrogens with zero attached hydrogens (tertiary/aromatic N) is 1. The third-order valence-corrected chi connectivity index (χ3v) is 3.70. The molecule has 0 aliphatic carbocycles. The van der Waals surface area contributed by atoms with Gasteiger partial charge in [0.2, 0.25) is 0 Å². The molecular weight excluding hydrogens is 332 g/mol. The first-order valence-electron chi connectivity index (χ1n) is 7.96. The van der Waals surface area contributed by atoms with Crippen LogP contribution in [0.15, 0.2) is 65.8 Å². The highest BCUT2D eigenvalue weighted by molar-refractivity contribution is 5.85. The molecule has 0 radical (unpaired) electrons. The number of hydrogen-bond donors (Lipinski definition) is 2. The van der Waals surface area contributed by atoms with E-state index >= 15 is 0 Å². The van der Waals surface area contributed by atoms with Gasteiger partial charge in [-0.3, -0.25) is 4.79 Å². The maximum absolute atomic E-state index is 11.8. The summed E-state index contributed by atoms with van der Waals surface area (Å²) < 4.78 is 10.4. The number of methoxy groups -OCH3 is 1. The van der Waals surface area contributed by atoms with E-state index in [-0.39, 0.29) is 18.3 Å². The Balaban J connectivity index is 1.52. The monoisotopic (exact) mass is 350 g/mol. The van der Waals surface area contributed by atoms with E-state index in [2.05, 4.69) is 10.5 Å². The van der Waals surface area contributed by atoms with E-state index < -0.39 is 0 Å². The van der Waals surface area contributed by atoms with Gasteiger partial charge >= 0.3 is 0 Å². The molecule has 0 spiro atoms. The van der Waals surface area contributed by atoms with Gasteiger partial charge in [-0.1, -0.05) is 30.3 Å². The molecule has 26 heavy (non-hydrogen) atoms. The molecule has 2 N–H and O–H groups in total. The van der Waals surface area contributed by atoms with Crippen molar-refractivity contribution in [1.29, 1.82) is 0 Å². The number of aromatic hydroxyl groups is 1. The zero-order valence-electron chi connectivity index (χ0n) is 14.2. The Labute approximate surface area is 150 Å². The largest absolute Gasteiger partial charge is 0.504 e. The number of phenolic OH excluding ortho intramolecular Hbond substituents is 1. The van der Waals surface area contributed by atoms with Gasteiger partial charge in [-0.25, -0.2) is 5.43 Å². The van der Waals surface area contributed by atoms with E-state index in [1.54, 1.807) is 12.1 Å². The number of fused-ring (bicyclic) bond motifs is 1. The summed E-state index contributed by atoms with van der Waals surface area (Å²) in [5.41, 5.74) is 3.00. The molecule has 0 bridgehead atoms. The van der Waals surface area contributed by atoms with Crippen LogP contribution in [0, 0.1) is 0 Å². The second-order valence-corrected chi connectivity index (χ2v) is 5.52. The molecule has 0 unspecified atom stereocenters. The molecular formula is C20H18N2O4. The third-order valence-electron chi connectivity index (χ3n) is 3.70. The van der Waals surface area contributed by atoms with Crippen LogP contribution in [-0.4, -0.2) is 30.9 Å². The molecule has 0 saturated heterocycles. The Morgan fingerprint density at radius 1 is 1.12 bits per heavy atom. The minimum Gasteiger partial charge on any atom is -0.504 e. The molecule has 3 rings (SSSR count). The van der Waals surface area contributed by atoms with Crippen molar-refractivity contribution in [3.05, 3.63) is 66.2 Å². The molecule has 0 saturated carbocycles. The summed E-state index contributed by atoms with van der Waals surface area (Å²) in [6.07, 6.45) is 1.42. The topological polar surface area (TPSA) is 80.2 Å². The maximum Gasteiger partial charge on any atom is 0.277 e. The number of rotatable bonds is 6. The van der Waals surface area contributed by atoms with Gasteiger partial charge in [0, 0.05) is 0 Å². The van der Waals surface area contributed by atoms with Gasteiger partial charge < -0.3 is 14.6 Å². The van der Waals surface area contributed by atoms with Crippen molar-refractivity contribution in [1.82, 2.24) is 5.43 Å².